The second-order valence-electron chi connectivity index (χ2n) is 5.27. The summed E-state index contributed by atoms with van der Waals surface area (Å²) in [6.07, 6.45) is 0. The number of nitrogens with one attached hydrogen (secondary N) is 1. The molecule has 24 heavy (non-hydrogen) atoms. The fourth-order valence-corrected chi connectivity index (χ4v) is 2.83. The predicted molar refractivity (Wildman–Crippen MR) is 94.6 cm³/mol. The van der Waals surface area contributed by atoms with Crippen LogP contribution in [-0.4, -0.2) is 33.8 Å². The van der Waals surface area contributed by atoms with Crippen molar-refractivity contribution in [2.75, 3.05) is 12.9 Å². The van der Waals surface area contributed by atoms with Crippen LogP contribution in [0, 0.1) is 6.92 Å². The van der Waals surface area contributed by atoms with Gasteiger partial charge in [0.15, 0.2) is 11.6 Å². The van der Waals surface area contributed by atoms with Crippen molar-refractivity contribution in [3.63, 3.8) is 0 Å². The molecule has 1 aromatic heterocycles. The molecular formula is C18H17N3O2S. The zero-order valence-corrected chi connectivity index (χ0v) is 14.3. The molecule has 0 saturated carbocycles. The van der Waals surface area contributed by atoms with Crippen LogP contribution in [0.15, 0.2) is 53.7 Å². The SMILES string of the molecule is COc1ccc(-c2nc(SCC(=O)c3ccc(C)cc3)n[nH]2)cc1. The zero-order chi connectivity index (χ0) is 16.9. The van der Waals surface area contributed by atoms with Gasteiger partial charge in [-0.05, 0) is 31.2 Å². The van der Waals surface area contributed by atoms with E-state index in [4.69, 9.17) is 4.74 Å². The highest BCUT2D eigenvalue weighted by atomic mass is 32.2. The van der Waals surface area contributed by atoms with Gasteiger partial charge in [0.2, 0.25) is 5.16 Å². The average Bonchev–Trinajstić information content (AvgIpc) is 3.09. The third kappa shape index (κ3) is 3.83. The highest BCUT2D eigenvalue weighted by Crippen LogP contribution is 2.22. The van der Waals surface area contributed by atoms with E-state index in [1.54, 1.807) is 7.11 Å². The van der Waals surface area contributed by atoms with E-state index in [1.807, 2.05) is 55.5 Å². The third-order valence-corrected chi connectivity index (χ3v) is 4.38. The number of methoxy groups -OCH3 is 1. The standard InChI is InChI=1S/C18H17N3O2S/c1-12-3-5-13(6-4-12)16(22)11-24-18-19-17(20-21-18)14-7-9-15(23-2)10-8-14/h3-10H,11H2,1-2H3,(H,19,20,21). The van der Waals surface area contributed by atoms with E-state index >= 15 is 0 Å². The van der Waals surface area contributed by atoms with Crippen LogP contribution in [0.1, 0.15) is 15.9 Å². The van der Waals surface area contributed by atoms with Gasteiger partial charge in [0.1, 0.15) is 5.75 Å². The molecule has 0 aliphatic heterocycles. The number of ether oxygens (including phenoxy) is 1. The smallest absolute Gasteiger partial charge is 0.209 e. The number of H-pyrrole nitrogens is 1. The minimum Gasteiger partial charge on any atom is -0.497 e. The van der Waals surface area contributed by atoms with Crippen molar-refractivity contribution in [2.24, 2.45) is 0 Å². The molecule has 0 unspecified atom stereocenters. The Balaban J connectivity index is 1.63. The van der Waals surface area contributed by atoms with Crippen molar-refractivity contribution >= 4 is 17.5 Å². The third-order valence-electron chi connectivity index (χ3n) is 3.53. The van der Waals surface area contributed by atoms with Gasteiger partial charge in [-0.15, -0.1) is 5.10 Å². The van der Waals surface area contributed by atoms with Crippen LogP contribution in [0.2, 0.25) is 0 Å². The van der Waals surface area contributed by atoms with Crippen molar-refractivity contribution in [3.8, 4) is 17.1 Å². The molecule has 0 atom stereocenters. The molecular weight excluding hydrogens is 322 g/mol. The number of hydrogen-bond acceptors (Lipinski definition) is 5. The van der Waals surface area contributed by atoms with Gasteiger partial charge in [-0.2, -0.15) is 0 Å². The number of nitrogens with zero attached hydrogens (tertiary/aromatic N) is 2. The number of rotatable bonds is 6. The summed E-state index contributed by atoms with van der Waals surface area (Å²) in [4.78, 5) is 16.6. The second kappa shape index (κ2) is 7.31. The maximum Gasteiger partial charge on any atom is 0.209 e. The molecule has 0 fully saturated rings. The predicted octanol–water partition coefficient (Wildman–Crippen LogP) is 3.76. The molecule has 1 N–H and O–H groups in total. The molecule has 0 aliphatic rings. The summed E-state index contributed by atoms with van der Waals surface area (Å²) >= 11 is 1.32. The van der Waals surface area contributed by atoms with E-state index < -0.39 is 0 Å². The first kappa shape index (κ1) is 16.3. The van der Waals surface area contributed by atoms with E-state index in [1.165, 1.54) is 11.8 Å². The van der Waals surface area contributed by atoms with Crippen molar-refractivity contribution in [1.29, 1.82) is 0 Å². The quantitative estimate of drug-likeness (QED) is 0.547. The van der Waals surface area contributed by atoms with Crippen LogP contribution in [0.5, 0.6) is 5.75 Å². The lowest BCUT2D eigenvalue weighted by molar-refractivity contribution is 0.102. The molecule has 0 radical (unpaired) electrons. The maximum absolute atomic E-state index is 12.2. The van der Waals surface area contributed by atoms with Crippen LogP contribution >= 0.6 is 11.8 Å². The summed E-state index contributed by atoms with van der Waals surface area (Å²) in [6.45, 7) is 2.00. The minimum absolute atomic E-state index is 0.0656. The Hall–Kier alpha value is -2.60. The Labute approximate surface area is 144 Å². The van der Waals surface area contributed by atoms with Gasteiger partial charge < -0.3 is 4.74 Å². The summed E-state index contributed by atoms with van der Waals surface area (Å²) in [6, 6.07) is 15.1. The first-order valence-corrected chi connectivity index (χ1v) is 8.44. The Morgan fingerprint density at radius 3 is 2.50 bits per heavy atom. The van der Waals surface area contributed by atoms with E-state index in [0.29, 0.717) is 22.3 Å². The number of carbonyl (C=O) groups is 1. The van der Waals surface area contributed by atoms with E-state index in [0.717, 1.165) is 16.9 Å². The molecule has 0 spiro atoms. The fraction of sp³-hybridized carbons (Fsp3) is 0.167. The molecule has 3 aromatic rings. The molecule has 3 rings (SSSR count). The average molecular weight is 339 g/mol. The monoisotopic (exact) mass is 339 g/mol. The van der Waals surface area contributed by atoms with Crippen LogP contribution < -0.4 is 4.74 Å². The lowest BCUT2D eigenvalue weighted by Crippen LogP contribution is -2.02. The maximum atomic E-state index is 12.2. The minimum atomic E-state index is 0.0656. The molecule has 2 aromatic carbocycles. The van der Waals surface area contributed by atoms with Crippen LogP contribution in [0.4, 0.5) is 0 Å². The van der Waals surface area contributed by atoms with Gasteiger partial charge in [0.05, 0.1) is 12.9 Å². The van der Waals surface area contributed by atoms with Crippen molar-refractivity contribution in [1.82, 2.24) is 15.2 Å². The topological polar surface area (TPSA) is 67.9 Å². The van der Waals surface area contributed by atoms with Gasteiger partial charge in [-0.1, -0.05) is 41.6 Å². The highest BCUT2D eigenvalue weighted by Gasteiger charge is 2.10. The lowest BCUT2D eigenvalue weighted by Gasteiger charge is -2.00. The first-order chi connectivity index (χ1) is 11.7. The molecule has 0 saturated heterocycles. The number of ketones is 1. The highest BCUT2D eigenvalue weighted by molar-refractivity contribution is 7.99. The van der Waals surface area contributed by atoms with Gasteiger partial charge in [0, 0.05) is 11.1 Å². The van der Waals surface area contributed by atoms with Gasteiger partial charge in [-0.3, -0.25) is 9.89 Å². The van der Waals surface area contributed by atoms with Crippen molar-refractivity contribution in [2.45, 2.75) is 12.1 Å². The normalized spacial score (nSPS) is 10.6. The summed E-state index contributed by atoms with van der Waals surface area (Å²) in [5.74, 6) is 1.83. The Morgan fingerprint density at radius 1 is 1.12 bits per heavy atom. The molecule has 0 bridgehead atoms. The number of hydrogen-bond donors (Lipinski definition) is 1. The summed E-state index contributed by atoms with van der Waals surface area (Å²) in [7, 11) is 1.63. The molecule has 122 valence electrons. The molecule has 0 amide bonds. The largest absolute Gasteiger partial charge is 0.497 e. The van der Waals surface area contributed by atoms with Crippen LogP contribution in [0.3, 0.4) is 0 Å². The number of aromatic nitrogens is 3. The summed E-state index contributed by atoms with van der Waals surface area (Å²) in [5.41, 5.74) is 2.76. The van der Waals surface area contributed by atoms with Crippen molar-refractivity contribution in [3.05, 3.63) is 59.7 Å². The van der Waals surface area contributed by atoms with E-state index in [-0.39, 0.29) is 5.78 Å². The molecule has 1 heterocycles. The van der Waals surface area contributed by atoms with Crippen molar-refractivity contribution < 1.29 is 9.53 Å². The Morgan fingerprint density at radius 2 is 1.83 bits per heavy atom. The summed E-state index contributed by atoms with van der Waals surface area (Å²) in [5, 5.41) is 7.61. The second-order valence-corrected chi connectivity index (χ2v) is 6.22. The number of aromatic amines is 1. The number of thioether (sulfide) groups is 1. The van der Waals surface area contributed by atoms with Gasteiger partial charge >= 0.3 is 0 Å². The number of aryl methyl sites for hydroxylation is 1. The zero-order valence-electron chi connectivity index (χ0n) is 13.4. The Bertz CT molecular complexity index is 826. The summed E-state index contributed by atoms with van der Waals surface area (Å²) < 4.78 is 5.14. The van der Waals surface area contributed by atoms with Crippen LogP contribution in [-0.2, 0) is 0 Å². The number of Topliss-reactive ketones (excluding diaryl/α,β-unsaturated/α-hetero) is 1. The van der Waals surface area contributed by atoms with Crippen LogP contribution in [0.25, 0.3) is 11.4 Å². The number of carbonyl (C=O) groups excluding carboxylic acids is 1. The van der Waals surface area contributed by atoms with Gasteiger partial charge in [0.25, 0.3) is 0 Å². The Kier molecular flexibility index (Phi) is 4.96. The van der Waals surface area contributed by atoms with E-state index in [2.05, 4.69) is 15.2 Å². The first-order valence-electron chi connectivity index (χ1n) is 7.45. The molecule has 6 heteroatoms. The molecule has 0 aliphatic carbocycles. The van der Waals surface area contributed by atoms with Gasteiger partial charge in [-0.25, -0.2) is 4.98 Å². The fourth-order valence-electron chi connectivity index (χ4n) is 2.14. The lowest BCUT2D eigenvalue weighted by atomic mass is 10.1. The van der Waals surface area contributed by atoms with E-state index in [9.17, 15) is 4.79 Å². The number of benzene rings is 2. The molecule has 5 nitrogen and oxygen atoms in total.